The Bertz CT molecular complexity index is 560. The first-order valence-electron chi connectivity index (χ1n) is 6.92. The number of rotatable bonds is 5. The minimum Gasteiger partial charge on any atom is -0.493 e. The van der Waals surface area contributed by atoms with Crippen LogP contribution in [0, 0.1) is 0 Å². The Morgan fingerprint density at radius 3 is 3.05 bits per heavy atom. The first-order valence-corrected chi connectivity index (χ1v) is 6.92. The highest BCUT2D eigenvalue weighted by molar-refractivity contribution is 5.61. The number of ether oxygens (including phenoxy) is 1. The van der Waals surface area contributed by atoms with Crippen LogP contribution in [0.1, 0.15) is 24.7 Å². The normalized spacial score (nSPS) is 13.3. The van der Waals surface area contributed by atoms with E-state index in [2.05, 4.69) is 24.4 Å². The summed E-state index contributed by atoms with van der Waals surface area (Å²) in [5.74, 6) is 2.93. The molecule has 1 N–H and O–H groups in total. The molecule has 2 aromatic rings. The lowest BCUT2D eigenvalue weighted by Crippen LogP contribution is -2.12. The van der Waals surface area contributed by atoms with Crippen LogP contribution < -0.4 is 10.1 Å². The monoisotopic (exact) mass is 257 g/mol. The van der Waals surface area contributed by atoms with E-state index >= 15 is 0 Å². The first kappa shape index (κ1) is 12.3. The van der Waals surface area contributed by atoms with Crippen molar-refractivity contribution in [1.29, 1.82) is 0 Å². The Morgan fingerprint density at radius 2 is 2.16 bits per heavy atom. The second-order valence-corrected chi connectivity index (χ2v) is 4.86. The second kappa shape index (κ2) is 5.49. The van der Waals surface area contributed by atoms with E-state index in [-0.39, 0.29) is 0 Å². The van der Waals surface area contributed by atoms with Gasteiger partial charge in [-0.25, -0.2) is 0 Å². The molecule has 0 aliphatic carbocycles. The van der Waals surface area contributed by atoms with Crippen LogP contribution in [0.4, 0.5) is 0 Å². The summed E-state index contributed by atoms with van der Waals surface area (Å²) in [5.41, 5.74) is 2.41. The van der Waals surface area contributed by atoms with Crippen LogP contribution in [0.5, 0.6) is 5.75 Å². The minimum atomic E-state index is 0.794. The molecule has 0 saturated heterocycles. The fraction of sp³-hybridized carbons (Fsp3) is 0.375. The van der Waals surface area contributed by atoms with Gasteiger partial charge in [0.15, 0.2) is 0 Å². The molecule has 0 amide bonds. The van der Waals surface area contributed by atoms with Crippen LogP contribution in [0.25, 0.3) is 11.3 Å². The maximum absolute atomic E-state index is 5.87. The van der Waals surface area contributed by atoms with Gasteiger partial charge < -0.3 is 14.5 Å². The van der Waals surface area contributed by atoms with E-state index in [1.54, 1.807) is 0 Å². The summed E-state index contributed by atoms with van der Waals surface area (Å²) in [4.78, 5) is 0. The van der Waals surface area contributed by atoms with Gasteiger partial charge in [0.25, 0.3) is 0 Å². The predicted molar refractivity (Wildman–Crippen MR) is 75.3 cm³/mol. The molecule has 1 aliphatic rings. The molecule has 0 radical (unpaired) electrons. The topological polar surface area (TPSA) is 34.4 Å². The van der Waals surface area contributed by atoms with Crippen LogP contribution in [0.3, 0.4) is 0 Å². The molecule has 0 fully saturated rings. The van der Waals surface area contributed by atoms with Gasteiger partial charge in [0, 0.05) is 12.0 Å². The molecule has 100 valence electrons. The highest BCUT2D eigenvalue weighted by Gasteiger charge is 2.13. The molecule has 0 saturated carbocycles. The number of benzene rings is 1. The summed E-state index contributed by atoms with van der Waals surface area (Å²) in [7, 11) is 0. The number of fused-ring (bicyclic) bond motifs is 1. The first-order chi connectivity index (χ1) is 9.36. The van der Waals surface area contributed by atoms with E-state index in [1.165, 1.54) is 5.56 Å². The van der Waals surface area contributed by atoms with E-state index in [4.69, 9.17) is 9.15 Å². The van der Waals surface area contributed by atoms with E-state index in [0.717, 1.165) is 55.4 Å². The molecule has 1 aromatic heterocycles. The highest BCUT2D eigenvalue weighted by atomic mass is 16.5. The zero-order valence-corrected chi connectivity index (χ0v) is 11.2. The molecule has 3 nitrogen and oxygen atoms in total. The summed E-state index contributed by atoms with van der Waals surface area (Å²) in [6, 6.07) is 10.4. The molecule has 19 heavy (non-hydrogen) atoms. The van der Waals surface area contributed by atoms with Crippen molar-refractivity contribution in [3.63, 3.8) is 0 Å². The summed E-state index contributed by atoms with van der Waals surface area (Å²) in [6.45, 7) is 4.77. The maximum Gasteiger partial charge on any atom is 0.134 e. The van der Waals surface area contributed by atoms with E-state index < -0.39 is 0 Å². The van der Waals surface area contributed by atoms with Crippen molar-refractivity contribution < 1.29 is 9.15 Å². The highest BCUT2D eigenvalue weighted by Crippen LogP contribution is 2.31. The third-order valence-electron chi connectivity index (χ3n) is 3.36. The lowest BCUT2D eigenvalue weighted by Gasteiger charge is -2.02. The lowest BCUT2D eigenvalue weighted by molar-refractivity contribution is 0.357. The minimum absolute atomic E-state index is 0.794. The van der Waals surface area contributed by atoms with Crippen molar-refractivity contribution in [2.75, 3.05) is 13.2 Å². The number of hydrogen-bond donors (Lipinski definition) is 1. The maximum atomic E-state index is 5.87. The molecule has 0 spiro atoms. The zero-order valence-electron chi connectivity index (χ0n) is 11.2. The second-order valence-electron chi connectivity index (χ2n) is 4.86. The Kier molecular flexibility index (Phi) is 3.56. The lowest BCUT2D eigenvalue weighted by atomic mass is 10.1. The van der Waals surface area contributed by atoms with Crippen LogP contribution >= 0.6 is 0 Å². The molecule has 3 rings (SSSR count). The molecular weight excluding hydrogens is 238 g/mol. The van der Waals surface area contributed by atoms with Crippen LogP contribution in [-0.4, -0.2) is 13.2 Å². The van der Waals surface area contributed by atoms with Gasteiger partial charge in [-0.3, -0.25) is 0 Å². The van der Waals surface area contributed by atoms with Crippen molar-refractivity contribution in [1.82, 2.24) is 5.32 Å². The van der Waals surface area contributed by atoms with Crippen molar-refractivity contribution in [3.05, 3.63) is 41.7 Å². The average Bonchev–Trinajstić information content (AvgIpc) is 3.06. The molecule has 0 atom stereocenters. The van der Waals surface area contributed by atoms with Gasteiger partial charge in [0.2, 0.25) is 0 Å². The Labute approximate surface area is 113 Å². The Hall–Kier alpha value is -1.74. The van der Waals surface area contributed by atoms with Gasteiger partial charge in [-0.2, -0.15) is 0 Å². The third-order valence-corrected chi connectivity index (χ3v) is 3.36. The van der Waals surface area contributed by atoms with E-state index in [9.17, 15) is 0 Å². The molecule has 2 heterocycles. The summed E-state index contributed by atoms with van der Waals surface area (Å²) in [5, 5.41) is 3.34. The van der Waals surface area contributed by atoms with Crippen LogP contribution in [0.2, 0.25) is 0 Å². The summed E-state index contributed by atoms with van der Waals surface area (Å²) in [6.07, 6.45) is 2.13. The van der Waals surface area contributed by atoms with Crippen molar-refractivity contribution in [3.8, 4) is 17.1 Å². The fourth-order valence-corrected chi connectivity index (χ4v) is 2.36. The number of nitrogens with one attached hydrogen (secondary N) is 1. The smallest absolute Gasteiger partial charge is 0.134 e. The Balaban J connectivity index is 1.75. The quantitative estimate of drug-likeness (QED) is 0.834. The molecular formula is C16H19NO2. The molecule has 0 bridgehead atoms. The molecule has 1 aliphatic heterocycles. The third kappa shape index (κ3) is 2.66. The summed E-state index contributed by atoms with van der Waals surface area (Å²) < 4.78 is 11.4. The van der Waals surface area contributed by atoms with Gasteiger partial charge in [-0.1, -0.05) is 6.92 Å². The van der Waals surface area contributed by atoms with E-state index in [1.807, 2.05) is 18.2 Å². The van der Waals surface area contributed by atoms with Gasteiger partial charge in [-0.15, -0.1) is 0 Å². The number of furan rings is 1. The van der Waals surface area contributed by atoms with Gasteiger partial charge in [-0.05, 0) is 48.9 Å². The largest absolute Gasteiger partial charge is 0.493 e. The van der Waals surface area contributed by atoms with Crippen molar-refractivity contribution in [2.24, 2.45) is 0 Å². The molecule has 0 unspecified atom stereocenters. The Morgan fingerprint density at radius 1 is 1.21 bits per heavy atom. The van der Waals surface area contributed by atoms with Crippen LogP contribution in [0.15, 0.2) is 34.7 Å². The van der Waals surface area contributed by atoms with Gasteiger partial charge >= 0.3 is 0 Å². The number of hydrogen-bond acceptors (Lipinski definition) is 3. The predicted octanol–water partition coefficient (Wildman–Crippen LogP) is 3.38. The average molecular weight is 257 g/mol. The van der Waals surface area contributed by atoms with Crippen molar-refractivity contribution in [2.45, 2.75) is 26.3 Å². The van der Waals surface area contributed by atoms with Gasteiger partial charge in [0.1, 0.15) is 17.3 Å². The molecule has 3 heteroatoms. The SMILES string of the molecule is CCCNCc1ccc(-c2ccc3c(c2)CCO3)o1. The van der Waals surface area contributed by atoms with Gasteiger partial charge in [0.05, 0.1) is 13.2 Å². The van der Waals surface area contributed by atoms with Crippen LogP contribution in [-0.2, 0) is 13.0 Å². The zero-order chi connectivity index (χ0) is 13.1. The standard InChI is InChI=1S/C16H19NO2/c1-2-8-17-11-14-4-6-16(19-14)12-3-5-15-13(10-12)7-9-18-15/h3-6,10,17H,2,7-9,11H2,1H3. The summed E-state index contributed by atoms with van der Waals surface area (Å²) >= 11 is 0. The van der Waals surface area contributed by atoms with E-state index in [0.29, 0.717) is 0 Å². The van der Waals surface area contributed by atoms with Crippen molar-refractivity contribution >= 4 is 0 Å². The fourth-order valence-electron chi connectivity index (χ4n) is 2.36. The molecule has 1 aromatic carbocycles.